The lowest BCUT2D eigenvalue weighted by molar-refractivity contribution is 0.475. The summed E-state index contributed by atoms with van der Waals surface area (Å²) in [7, 11) is 0. The van der Waals surface area contributed by atoms with E-state index >= 15 is 0 Å². The van der Waals surface area contributed by atoms with Gasteiger partial charge in [0.25, 0.3) is 0 Å². The number of aromatic nitrogens is 2. The van der Waals surface area contributed by atoms with Crippen LogP contribution in [-0.2, 0) is 6.42 Å². The summed E-state index contributed by atoms with van der Waals surface area (Å²) in [5.41, 5.74) is 1.39. The lowest BCUT2D eigenvalue weighted by Crippen LogP contribution is -2.08. The van der Waals surface area contributed by atoms with Gasteiger partial charge in [-0.25, -0.2) is 9.97 Å². The van der Waals surface area contributed by atoms with Crippen molar-refractivity contribution in [1.82, 2.24) is 9.97 Å². The van der Waals surface area contributed by atoms with Crippen molar-refractivity contribution >= 4 is 5.82 Å². The highest BCUT2D eigenvalue weighted by atomic mass is 16.3. The van der Waals surface area contributed by atoms with Crippen molar-refractivity contribution in [3.63, 3.8) is 0 Å². The molecule has 0 aliphatic carbocycles. The Balaban J connectivity index is 1.93. The summed E-state index contributed by atoms with van der Waals surface area (Å²) in [6.07, 6.45) is 3.81. The second kappa shape index (κ2) is 5.64. The highest BCUT2D eigenvalue weighted by Crippen LogP contribution is 2.11. The highest BCUT2D eigenvalue weighted by molar-refractivity contribution is 5.46. The fourth-order valence-electron chi connectivity index (χ4n) is 1.54. The molecule has 18 heavy (non-hydrogen) atoms. The number of hydrogen-bond acceptors (Lipinski definition) is 5. The average molecular weight is 240 g/mol. The number of phenols is 1. The molecule has 1 aromatic carbocycles. The van der Waals surface area contributed by atoms with E-state index < -0.39 is 0 Å². The van der Waals surface area contributed by atoms with Crippen molar-refractivity contribution in [1.29, 1.82) is 5.26 Å². The minimum atomic E-state index is 0.257. The topological polar surface area (TPSA) is 81.8 Å². The molecule has 2 aromatic rings. The van der Waals surface area contributed by atoms with E-state index in [1.807, 2.05) is 18.2 Å². The number of hydrogen-bond donors (Lipinski definition) is 2. The third kappa shape index (κ3) is 2.95. The van der Waals surface area contributed by atoms with Crippen LogP contribution in [0.5, 0.6) is 5.75 Å². The predicted octanol–water partition coefficient (Wildman–Crippen LogP) is 1.71. The van der Waals surface area contributed by atoms with Crippen LogP contribution in [-0.4, -0.2) is 21.6 Å². The molecule has 0 saturated heterocycles. The zero-order chi connectivity index (χ0) is 12.8. The number of phenolic OH excluding ortho intramolecular Hbond substituents is 1. The van der Waals surface area contributed by atoms with E-state index in [-0.39, 0.29) is 5.75 Å². The normalized spacial score (nSPS) is 9.72. The molecule has 0 spiro atoms. The molecule has 5 heteroatoms. The number of nitrogens with zero attached hydrogens (tertiary/aromatic N) is 3. The molecular weight excluding hydrogens is 228 g/mol. The minimum Gasteiger partial charge on any atom is -0.508 e. The first kappa shape index (κ1) is 11.9. The van der Waals surface area contributed by atoms with Crippen LogP contribution in [0.15, 0.2) is 36.7 Å². The molecule has 0 unspecified atom stereocenters. The first-order chi connectivity index (χ1) is 8.79. The SMILES string of the molecule is N#Cc1nccnc1NCCc1ccc(O)cc1. The molecule has 90 valence electrons. The Morgan fingerprint density at radius 3 is 2.61 bits per heavy atom. The first-order valence-electron chi connectivity index (χ1n) is 5.52. The summed E-state index contributed by atoms with van der Waals surface area (Å²) in [6.45, 7) is 0.651. The molecule has 1 aromatic heterocycles. The second-order valence-corrected chi connectivity index (χ2v) is 3.71. The molecule has 0 amide bonds. The quantitative estimate of drug-likeness (QED) is 0.850. The molecular formula is C13H12N4O. The molecule has 0 bridgehead atoms. The Morgan fingerprint density at radius 1 is 1.17 bits per heavy atom. The molecule has 5 nitrogen and oxygen atoms in total. The monoisotopic (exact) mass is 240 g/mol. The molecule has 0 radical (unpaired) electrons. The fourth-order valence-corrected chi connectivity index (χ4v) is 1.54. The smallest absolute Gasteiger partial charge is 0.182 e. The van der Waals surface area contributed by atoms with Gasteiger partial charge in [-0.15, -0.1) is 0 Å². The van der Waals surface area contributed by atoms with Crippen molar-refractivity contribution in [2.24, 2.45) is 0 Å². The Hall–Kier alpha value is -2.61. The van der Waals surface area contributed by atoms with Crippen LogP contribution in [0.2, 0.25) is 0 Å². The Morgan fingerprint density at radius 2 is 1.89 bits per heavy atom. The lowest BCUT2D eigenvalue weighted by atomic mass is 10.1. The van der Waals surface area contributed by atoms with Crippen LogP contribution in [0.4, 0.5) is 5.82 Å². The maximum absolute atomic E-state index is 9.16. The van der Waals surface area contributed by atoms with Gasteiger partial charge < -0.3 is 10.4 Å². The Labute approximate surface area is 105 Å². The Kier molecular flexibility index (Phi) is 3.72. The van der Waals surface area contributed by atoms with E-state index in [0.717, 1.165) is 12.0 Å². The standard InChI is InChI=1S/C13H12N4O/c14-9-12-13(17-8-7-15-12)16-6-5-10-1-3-11(18)4-2-10/h1-4,7-8,18H,5-6H2,(H,16,17). The van der Waals surface area contributed by atoms with Gasteiger partial charge in [0.1, 0.15) is 11.8 Å². The van der Waals surface area contributed by atoms with E-state index in [4.69, 9.17) is 10.4 Å². The van der Waals surface area contributed by atoms with Gasteiger partial charge in [-0.05, 0) is 24.1 Å². The van der Waals surface area contributed by atoms with Crippen LogP contribution < -0.4 is 5.32 Å². The van der Waals surface area contributed by atoms with Crippen LogP contribution in [0.3, 0.4) is 0 Å². The van der Waals surface area contributed by atoms with Crippen molar-refractivity contribution in [2.45, 2.75) is 6.42 Å². The van der Waals surface area contributed by atoms with E-state index in [9.17, 15) is 0 Å². The Bertz CT molecular complexity index is 560. The van der Waals surface area contributed by atoms with Crippen molar-refractivity contribution in [2.75, 3.05) is 11.9 Å². The van der Waals surface area contributed by atoms with Crippen LogP contribution >= 0.6 is 0 Å². The number of anilines is 1. The van der Waals surface area contributed by atoms with Crippen LogP contribution in [0.1, 0.15) is 11.3 Å². The summed E-state index contributed by atoms with van der Waals surface area (Å²) < 4.78 is 0. The van der Waals surface area contributed by atoms with E-state index in [1.165, 1.54) is 6.20 Å². The maximum Gasteiger partial charge on any atom is 0.182 e. The van der Waals surface area contributed by atoms with Crippen LogP contribution in [0.25, 0.3) is 0 Å². The number of nitriles is 1. The summed E-state index contributed by atoms with van der Waals surface area (Å²) in [4.78, 5) is 7.97. The summed E-state index contributed by atoms with van der Waals surface area (Å²) in [5.74, 6) is 0.756. The second-order valence-electron chi connectivity index (χ2n) is 3.71. The van der Waals surface area contributed by atoms with Gasteiger partial charge in [0.2, 0.25) is 0 Å². The first-order valence-corrected chi connectivity index (χ1v) is 5.52. The third-order valence-electron chi connectivity index (χ3n) is 2.45. The van der Waals surface area contributed by atoms with Gasteiger partial charge in [-0.2, -0.15) is 5.26 Å². The number of benzene rings is 1. The number of nitrogens with one attached hydrogen (secondary N) is 1. The molecule has 2 N–H and O–H groups in total. The lowest BCUT2D eigenvalue weighted by Gasteiger charge is -2.06. The van der Waals surface area contributed by atoms with Crippen molar-refractivity contribution in [3.05, 3.63) is 47.9 Å². The zero-order valence-electron chi connectivity index (χ0n) is 9.67. The van der Waals surface area contributed by atoms with Gasteiger partial charge in [0.05, 0.1) is 0 Å². The van der Waals surface area contributed by atoms with E-state index in [1.54, 1.807) is 18.3 Å². The van der Waals surface area contributed by atoms with Gasteiger partial charge >= 0.3 is 0 Å². The summed E-state index contributed by atoms with van der Waals surface area (Å²) in [6, 6.07) is 9.00. The molecule has 0 aliphatic heterocycles. The van der Waals surface area contributed by atoms with Gasteiger partial charge in [0.15, 0.2) is 11.5 Å². The number of aromatic hydroxyl groups is 1. The van der Waals surface area contributed by atoms with E-state index in [2.05, 4.69) is 15.3 Å². The fraction of sp³-hybridized carbons (Fsp3) is 0.154. The molecule has 2 rings (SSSR count). The average Bonchev–Trinajstić information content (AvgIpc) is 2.41. The largest absolute Gasteiger partial charge is 0.508 e. The van der Waals surface area contributed by atoms with Crippen molar-refractivity contribution < 1.29 is 5.11 Å². The third-order valence-corrected chi connectivity index (χ3v) is 2.45. The van der Waals surface area contributed by atoms with Crippen molar-refractivity contribution in [3.8, 4) is 11.8 Å². The van der Waals surface area contributed by atoms with Gasteiger partial charge in [-0.1, -0.05) is 12.1 Å². The molecule has 0 saturated carbocycles. The van der Waals surface area contributed by atoms with Gasteiger partial charge in [-0.3, -0.25) is 0 Å². The maximum atomic E-state index is 9.16. The minimum absolute atomic E-state index is 0.257. The molecule has 1 heterocycles. The number of rotatable bonds is 4. The molecule has 0 fully saturated rings. The molecule has 0 aliphatic rings. The predicted molar refractivity (Wildman–Crippen MR) is 67.0 cm³/mol. The van der Waals surface area contributed by atoms with E-state index in [0.29, 0.717) is 18.1 Å². The molecule has 0 atom stereocenters. The van der Waals surface area contributed by atoms with Gasteiger partial charge in [0, 0.05) is 18.9 Å². The zero-order valence-corrected chi connectivity index (χ0v) is 9.67. The summed E-state index contributed by atoms with van der Waals surface area (Å²) >= 11 is 0. The summed E-state index contributed by atoms with van der Waals surface area (Å²) in [5, 5.41) is 21.1. The van der Waals surface area contributed by atoms with Crippen LogP contribution in [0, 0.1) is 11.3 Å². The highest BCUT2D eigenvalue weighted by Gasteiger charge is 2.02.